The fourth-order valence-corrected chi connectivity index (χ4v) is 1.91. The second kappa shape index (κ2) is 5.38. The van der Waals surface area contributed by atoms with Gasteiger partial charge < -0.3 is 16.0 Å². The number of imide groups is 1. The summed E-state index contributed by atoms with van der Waals surface area (Å²) >= 11 is 5.77. The Kier molecular flexibility index (Phi) is 3.80. The lowest BCUT2D eigenvalue weighted by atomic mass is 10.3. The van der Waals surface area contributed by atoms with Crippen molar-refractivity contribution in [1.82, 2.24) is 9.80 Å². The molecule has 0 unspecified atom stereocenters. The molecule has 0 aliphatic carbocycles. The molecule has 0 atom stereocenters. The maximum atomic E-state index is 11.8. The van der Waals surface area contributed by atoms with Gasteiger partial charge >= 0.3 is 6.03 Å². The van der Waals surface area contributed by atoms with Crippen molar-refractivity contribution in [3.63, 3.8) is 0 Å². The Bertz CT molecular complexity index is 590. The molecule has 0 bridgehead atoms. The topological polar surface area (TPSA) is 95.7 Å². The number of nitrogen functional groups attached to an aromatic ring is 1. The fraction of sp³-hybridized carbons (Fsp3) is 0.250. The molecular weight excluding hydrogens is 284 g/mol. The summed E-state index contributed by atoms with van der Waals surface area (Å²) in [5.74, 6) is -0.882. The number of benzene rings is 1. The highest BCUT2D eigenvalue weighted by Crippen LogP contribution is 2.22. The van der Waals surface area contributed by atoms with Crippen LogP contribution in [0.4, 0.5) is 16.2 Å². The van der Waals surface area contributed by atoms with Crippen molar-refractivity contribution in [1.29, 1.82) is 0 Å². The number of anilines is 2. The summed E-state index contributed by atoms with van der Waals surface area (Å²) < 4.78 is 0. The zero-order chi connectivity index (χ0) is 14.9. The summed E-state index contributed by atoms with van der Waals surface area (Å²) in [5.41, 5.74) is 6.39. The van der Waals surface area contributed by atoms with Gasteiger partial charge in [-0.05, 0) is 18.2 Å². The molecule has 1 aliphatic rings. The molecule has 1 aromatic carbocycles. The highest BCUT2D eigenvalue weighted by molar-refractivity contribution is 6.33. The number of nitrogens with zero attached hydrogens (tertiary/aromatic N) is 2. The third-order valence-corrected chi connectivity index (χ3v) is 3.16. The van der Waals surface area contributed by atoms with Crippen LogP contribution in [0.15, 0.2) is 18.2 Å². The van der Waals surface area contributed by atoms with E-state index in [1.165, 1.54) is 18.0 Å². The number of rotatable bonds is 3. The van der Waals surface area contributed by atoms with E-state index in [4.69, 9.17) is 17.3 Å². The molecule has 0 aromatic heterocycles. The molecule has 20 heavy (non-hydrogen) atoms. The van der Waals surface area contributed by atoms with Gasteiger partial charge in [0.25, 0.3) is 5.91 Å². The molecule has 1 aromatic rings. The molecular formula is C12H13ClN4O3. The summed E-state index contributed by atoms with van der Waals surface area (Å²) in [4.78, 5) is 37.1. The van der Waals surface area contributed by atoms with Gasteiger partial charge in [-0.25, -0.2) is 4.79 Å². The third-order valence-electron chi connectivity index (χ3n) is 2.81. The average molecular weight is 297 g/mol. The molecule has 8 heteroatoms. The molecule has 0 spiro atoms. The monoisotopic (exact) mass is 296 g/mol. The molecule has 4 amide bonds. The summed E-state index contributed by atoms with van der Waals surface area (Å²) in [6, 6.07) is 4.14. The van der Waals surface area contributed by atoms with Gasteiger partial charge in [0.1, 0.15) is 13.1 Å². The second-order valence-electron chi connectivity index (χ2n) is 4.40. The quantitative estimate of drug-likeness (QED) is 0.635. The normalized spacial score (nSPS) is 14.9. The Morgan fingerprint density at radius 2 is 2.15 bits per heavy atom. The Morgan fingerprint density at radius 1 is 1.45 bits per heavy atom. The third kappa shape index (κ3) is 2.83. The average Bonchev–Trinajstić information content (AvgIpc) is 2.61. The Labute approximate surface area is 120 Å². The number of hydrogen-bond acceptors (Lipinski definition) is 4. The minimum atomic E-state index is -0.485. The van der Waals surface area contributed by atoms with Crippen molar-refractivity contribution < 1.29 is 14.4 Å². The Morgan fingerprint density at radius 3 is 2.70 bits per heavy atom. The predicted octanol–water partition coefficient (Wildman–Crippen LogP) is 0.755. The van der Waals surface area contributed by atoms with E-state index in [1.54, 1.807) is 12.1 Å². The highest BCUT2D eigenvalue weighted by Gasteiger charge is 2.34. The van der Waals surface area contributed by atoms with Crippen molar-refractivity contribution in [3.8, 4) is 0 Å². The lowest BCUT2D eigenvalue weighted by Gasteiger charge is -2.14. The van der Waals surface area contributed by atoms with Crippen LogP contribution >= 0.6 is 11.6 Å². The second-order valence-corrected chi connectivity index (χ2v) is 4.81. The maximum absolute atomic E-state index is 11.8. The van der Waals surface area contributed by atoms with Gasteiger partial charge in [0.05, 0.1) is 10.7 Å². The van der Waals surface area contributed by atoms with E-state index in [0.29, 0.717) is 16.4 Å². The zero-order valence-electron chi connectivity index (χ0n) is 10.7. The van der Waals surface area contributed by atoms with Crippen LogP contribution in [0.5, 0.6) is 0 Å². The molecule has 0 saturated carbocycles. The molecule has 1 aliphatic heterocycles. The number of halogens is 1. The number of nitrogens with one attached hydrogen (secondary N) is 1. The minimum Gasteiger partial charge on any atom is -0.397 e. The van der Waals surface area contributed by atoms with Gasteiger partial charge in [-0.3, -0.25) is 14.5 Å². The molecule has 1 fully saturated rings. The number of carbonyl (C=O) groups excluding carboxylic acids is 3. The lowest BCUT2D eigenvalue weighted by Crippen LogP contribution is -2.38. The van der Waals surface area contributed by atoms with Crippen molar-refractivity contribution in [2.24, 2.45) is 0 Å². The minimum absolute atomic E-state index is 0.0139. The van der Waals surface area contributed by atoms with Crippen LogP contribution in [-0.2, 0) is 9.59 Å². The van der Waals surface area contributed by atoms with Gasteiger partial charge in [0.15, 0.2) is 0 Å². The Balaban J connectivity index is 2.00. The van der Waals surface area contributed by atoms with E-state index in [9.17, 15) is 14.4 Å². The molecule has 106 valence electrons. The fourth-order valence-electron chi connectivity index (χ4n) is 1.79. The van der Waals surface area contributed by atoms with Crippen molar-refractivity contribution >= 4 is 40.8 Å². The summed E-state index contributed by atoms with van der Waals surface area (Å²) in [6.45, 7) is -0.343. The Hall–Kier alpha value is -2.28. The first kappa shape index (κ1) is 14.1. The van der Waals surface area contributed by atoms with Crippen LogP contribution < -0.4 is 11.1 Å². The molecule has 3 N–H and O–H groups in total. The first-order valence-corrected chi connectivity index (χ1v) is 6.16. The summed E-state index contributed by atoms with van der Waals surface area (Å²) in [7, 11) is 1.50. The van der Waals surface area contributed by atoms with Gasteiger partial charge in [0, 0.05) is 12.7 Å². The van der Waals surface area contributed by atoms with Crippen molar-refractivity contribution in [2.75, 3.05) is 31.2 Å². The van der Waals surface area contributed by atoms with Crippen LogP contribution in [0, 0.1) is 0 Å². The number of likely N-dealkylation sites (N-methyl/N-ethyl adjacent to an activating group) is 1. The van der Waals surface area contributed by atoms with Crippen molar-refractivity contribution in [3.05, 3.63) is 23.2 Å². The van der Waals surface area contributed by atoms with E-state index in [1.807, 2.05) is 0 Å². The van der Waals surface area contributed by atoms with Gasteiger partial charge in [-0.15, -0.1) is 0 Å². The molecule has 7 nitrogen and oxygen atoms in total. The van der Waals surface area contributed by atoms with E-state index in [0.717, 1.165) is 4.90 Å². The highest BCUT2D eigenvalue weighted by atomic mass is 35.5. The lowest BCUT2D eigenvalue weighted by molar-refractivity contribution is -0.129. The molecule has 0 radical (unpaired) electrons. The number of nitrogens with two attached hydrogens (primary N) is 1. The van der Waals surface area contributed by atoms with Crippen LogP contribution in [0.2, 0.25) is 5.02 Å². The van der Waals surface area contributed by atoms with Gasteiger partial charge in [-0.1, -0.05) is 11.6 Å². The van der Waals surface area contributed by atoms with Crippen molar-refractivity contribution in [2.45, 2.75) is 0 Å². The van der Waals surface area contributed by atoms with E-state index < -0.39 is 17.8 Å². The van der Waals surface area contributed by atoms with Crippen LogP contribution in [0.25, 0.3) is 0 Å². The molecule has 1 saturated heterocycles. The maximum Gasteiger partial charge on any atom is 0.327 e. The summed E-state index contributed by atoms with van der Waals surface area (Å²) in [6.07, 6.45) is 0. The number of hydrogen-bond donors (Lipinski definition) is 2. The van der Waals surface area contributed by atoms with Crippen LogP contribution in [0.1, 0.15) is 0 Å². The van der Waals surface area contributed by atoms with Crippen LogP contribution in [0.3, 0.4) is 0 Å². The van der Waals surface area contributed by atoms with Gasteiger partial charge in [-0.2, -0.15) is 0 Å². The predicted molar refractivity (Wildman–Crippen MR) is 74.2 cm³/mol. The van der Waals surface area contributed by atoms with E-state index >= 15 is 0 Å². The standard InChI is InChI=1S/C12H13ClN4O3/c1-16-6-11(19)17(12(16)20)5-10(18)15-7-2-3-8(13)9(14)4-7/h2-4H,5-6,14H2,1H3,(H,15,18). The SMILES string of the molecule is CN1CC(=O)N(CC(=O)Nc2ccc(Cl)c(N)c2)C1=O. The first-order valence-electron chi connectivity index (χ1n) is 5.79. The number of amides is 4. The van der Waals surface area contributed by atoms with E-state index in [-0.39, 0.29) is 13.1 Å². The van der Waals surface area contributed by atoms with Crippen LogP contribution in [-0.4, -0.2) is 47.8 Å². The number of carbonyl (C=O) groups is 3. The van der Waals surface area contributed by atoms with E-state index in [2.05, 4.69) is 5.32 Å². The zero-order valence-corrected chi connectivity index (χ0v) is 11.5. The molecule has 1 heterocycles. The molecule has 2 rings (SSSR count). The number of urea groups is 1. The van der Waals surface area contributed by atoms with Gasteiger partial charge in [0.2, 0.25) is 5.91 Å². The summed E-state index contributed by atoms with van der Waals surface area (Å²) in [5, 5.41) is 2.93. The largest absolute Gasteiger partial charge is 0.397 e. The smallest absolute Gasteiger partial charge is 0.327 e. The first-order chi connectivity index (χ1) is 9.38.